The molecule has 0 saturated heterocycles. The molecule has 164 valence electrons. The molecular formula is C23H18F2N2O4S. The number of carbonyl (C=O) groups is 3. The third-order valence-corrected chi connectivity index (χ3v) is 5.15. The van der Waals surface area contributed by atoms with Crippen LogP contribution in [-0.2, 0) is 14.3 Å². The second kappa shape index (κ2) is 11.1. The molecule has 3 aromatic carbocycles. The molecule has 0 atom stereocenters. The first-order chi connectivity index (χ1) is 15.4. The van der Waals surface area contributed by atoms with Crippen molar-refractivity contribution >= 4 is 35.2 Å². The minimum Gasteiger partial charge on any atom is -0.454 e. The molecule has 2 amide bonds. The van der Waals surface area contributed by atoms with Crippen molar-refractivity contribution in [2.24, 2.45) is 0 Å². The van der Waals surface area contributed by atoms with Crippen molar-refractivity contribution in [3.05, 3.63) is 90.0 Å². The average molecular weight is 456 g/mol. The third-order valence-electron chi connectivity index (χ3n) is 4.07. The lowest BCUT2D eigenvalue weighted by Gasteiger charge is -2.11. The predicted octanol–water partition coefficient (Wildman–Crippen LogP) is 4.03. The van der Waals surface area contributed by atoms with Crippen molar-refractivity contribution in [1.29, 1.82) is 0 Å². The molecule has 2 N–H and O–H groups in total. The van der Waals surface area contributed by atoms with Gasteiger partial charge in [0.05, 0.1) is 11.3 Å². The van der Waals surface area contributed by atoms with Gasteiger partial charge in [0.2, 0.25) is 0 Å². The van der Waals surface area contributed by atoms with Crippen LogP contribution in [0.25, 0.3) is 0 Å². The Kier molecular flexibility index (Phi) is 7.93. The van der Waals surface area contributed by atoms with Crippen molar-refractivity contribution in [1.82, 2.24) is 5.32 Å². The minimum atomic E-state index is -1.05. The first kappa shape index (κ1) is 23.0. The number of carbonyl (C=O) groups excluding carboxylic acids is 3. The second-order valence-corrected chi connectivity index (χ2v) is 7.54. The standard InChI is InChI=1S/C23H18F2N2O4S/c24-15-10-11-17(18(25)12-15)23(30)26-13-22(29)31-14-21(28)27-19-8-4-5-9-20(19)32-16-6-2-1-3-7-16/h1-12H,13-14H2,(H,26,30)(H,27,28). The molecule has 0 aliphatic carbocycles. The van der Waals surface area contributed by atoms with Crippen molar-refractivity contribution in [2.45, 2.75) is 9.79 Å². The molecule has 0 spiro atoms. The SMILES string of the molecule is O=C(COC(=O)CNC(=O)c1ccc(F)cc1F)Nc1ccccc1Sc1ccccc1. The van der Waals surface area contributed by atoms with E-state index in [1.165, 1.54) is 11.8 Å². The highest BCUT2D eigenvalue weighted by Gasteiger charge is 2.15. The molecule has 0 aliphatic heterocycles. The van der Waals surface area contributed by atoms with Gasteiger partial charge in [0.1, 0.15) is 18.2 Å². The van der Waals surface area contributed by atoms with Gasteiger partial charge >= 0.3 is 5.97 Å². The summed E-state index contributed by atoms with van der Waals surface area (Å²) < 4.78 is 31.3. The Labute approximate surface area is 187 Å². The Balaban J connectivity index is 1.48. The molecule has 6 nitrogen and oxygen atoms in total. The van der Waals surface area contributed by atoms with E-state index in [2.05, 4.69) is 10.6 Å². The van der Waals surface area contributed by atoms with E-state index in [4.69, 9.17) is 4.74 Å². The van der Waals surface area contributed by atoms with E-state index in [0.717, 1.165) is 21.9 Å². The van der Waals surface area contributed by atoms with E-state index in [1.807, 2.05) is 42.5 Å². The molecule has 3 rings (SSSR count). The number of para-hydroxylation sites is 1. The summed E-state index contributed by atoms with van der Waals surface area (Å²) in [7, 11) is 0. The monoisotopic (exact) mass is 456 g/mol. The van der Waals surface area contributed by atoms with Crippen molar-refractivity contribution in [3.63, 3.8) is 0 Å². The molecule has 0 fully saturated rings. The molecule has 0 heterocycles. The van der Waals surface area contributed by atoms with Gasteiger partial charge in [0, 0.05) is 15.9 Å². The molecule has 0 bridgehead atoms. The molecule has 3 aromatic rings. The smallest absolute Gasteiger partial charge is 0.325 e. The lowest BCUT2D eigenvalue weighted by atomic mass is 10.2. The highest BCUT2D eigenvalue weighted by molar-refractivity contribution is 7.99. The van der Waals surface area contributed by atoms with E-state index in [9.17, 15) is 23.2 Å². The van der Waals surface area contributed by atoms with Crippen LogP contribution in [0.3, 0.4) is 0 Å². The van der Waals surface area contributed by atoms with Crippen LogP contribution in [0.15, 0.2) is 82.6 Å². The number of amides is 2. The van der Waals surface area contributed by atoms with Crippen LogP contribution in [0.4, 0.5) is 14.5 Å². The fourth-order valence-electron chi connectivity index (χ4n) is 2.58. The summed E-state index contributed by atoms with van der Waals surface area (Å²) in [5, 5.41) is 4.84. The number of rotatable bonds is 8. The number of nitrogens with one attached hydrogen (secondary N) is 2. The lowest BCUT2D eigenvalue weighted by molar-refractivity contribution is -0.146. The number of esters is 1. The quantitative estimate of drug-likeness (QED) is 0.500. The van der Waals surface area contributed by atoms with Crippen LogP contribution < -0.4 is 10.6 Å². The van der Waals surface area contributed by atoms with E-state index in [1.54, 1.807) is 12.1 Å². The number of ether oxygens (including phenoxy) is 1. The first-order valence-corrected chi connectivity index (χ1v) is 10.2. The normalized spacial score (nSPS) is 10.3. The summed E-state index contributed by atoms with van der Waals surface area (Å²) in [6.07, 6.45) is 0. The van der Waals surface area contributed by atoms with Crippen LogP contribution >= 0.6 is 11.8 Å². The van der Waals surface area contributed by atoms with Gasteiger partial charge in [-0.05, 0) is 36.4 Å². The molecule has 0 unspecified atom stereocenters. The lowest BCUT2D eigenvalue weighted by Crippen LogP contribution is -2.32. The Morgan fingerprint density at radius 3 is 2.38 bits per heavy atom. The van der Waals surface area contributed by atoms with Gasteiger partial charge in [0.15, 0.2) is 6.61 Å². The van der Waals surface area contributed by atoms with Gasteiger partial charge in [0.25, 0.3) is 11.8 Å². The third kappa shape index (κ3) is 6.64. The van der Waals surface area contributed by atoms with E-state index < -0.39 is 48.1 Å². The molecular weight excluding hydrogens is 438 g/mol. The van der Waals surface area contributed by atoms with Crippen molar-refractivity contribution in [2.75, 3.05) is 18.5 Å². The van der Waals surface area contributed by atoms with Gasteiger partial charge < -0.3 is 15.4 Å². The molecule has 0 radical (unpaired) electrons. The number of anilines is 1. The van der Waals surface area contributed by atoms with Gasteiger partial charge in [-0.1, -0.05) is 42.1 Å². The minimum absolute atomic E-state index is 0.413. The van der Waals surface area contributed by atoms with Crippen LogP contribution in [0.5, 0.6) is 0 Å². The van der Waals surface area contributed by atoms with Gasteiger partial charge in [-0.2, -0.15) is 0 Å². The van der Waals surface area contributed by atoms with Gasteiger partial charge in [-0.15, -0.1) is 0 Å². The number of benzene rings is 3. The highest BCUT2D eigenvalue weighted by atomic mass is 32.2. The summed E-state index contributed by atoms with van der Waals surface area (Å²) in [5.74, 6) is -4.23. The molecule has 0 aliphatic rings. The summed E-state index contributed by atoms with van der Waals surface area (Å²) in [5.41, 5.74) is 0.145. The Hall–Kier alpha value is -3.72. The second-order valence-electron chi connectivity index (χ2n) is 6.43. The summed E-state index contributed by atoms with van der Waals surface area (Å²) in [4.78, 5) is 37.7. The zero-order valence-electron chi connectivity index (χ0n) is 16.6. The Bertz CT molecular complexity index is 1130. The number of halogens is 2. The van der Waals surface area contributed by atoms with Crippen molar-refractivity contribution in [3.8, 4) is 0 Å². The van der Waals surface area contributed by atoms with Crippen LogP contribution in [-0.4, -0.2) is 30.9 Å². The fraction of sp³-hybridized carbons (Fsp3) is 0.0870. The fourth-order valence-corrected chi connectivity index (χ4v) is 3.50. The maximum Gasteiger partial charge on any atom is 0.325 e. The van der Waals surface area contributed by atoms with Gasteiger partial charge in [-0.25, -0.2) is 8.78 Å². The van der Waals surface area contributed by atoms with E-state index in [0.29, 0.717) is 11.8 Å². The highest BCUT2D eigenvalue weighted by Crippen LogP contribution is 2.33. The van der Waals surface area contributed by atoms with Crippen LogP contribution in [0.1, 0.15) is 10.4 Å². The predicted molar refractivity (Wildman–Crippen MR) is 115 cm³/mol. The topological polar surface area (TPSA) is 84.5 Å². The van der Waals surface area contributed by atoms with Gasteiger partial charge in [-0.3, -0.25) is 14.4 Å². The van der Waals surface area contributed by atoms with Crippen LogP contribution in [0.2, 0.25) is 0 Å². The largest absolute Gasteiger partial charge is 0.454 e. The number of hydrogen-bond acceptors (Lipinski definition) is 5. The maximum absolute atomic E-state index is 13.6. The van der Waals surface area contributed by atoms with Crippen molar-refractivity contribution < 1.29 is 27.9 Å². The molecule has 9 heteroatoms. The number of hydrogen-bond donors (Lipinski definition) is 2. The van der Waals surface area contributed by atoms with Crippen LogP contribution in [0, 0.1) is 11.6 Å². The zero-order valence-corrected chi connectivity index (χ0v) is 17.5. The maximum atomic E-state index is 13.6. The molecule has 32 heavy (non-hydrogen) atoms. The average Bonchev–Trinajstić information content (AvgIpc) is 2.78. The molecule has 0 aromatic heterocycles. The Morgan fingerprint density at radius 2 is 1.62 bits per heavy atom. The van der Waals surface area contributed by atoms with E-state index in [-0.39, 0.29) is 0 Å². The zero-order chi connectivity index (χ0) is 22.9. The first-order valence-electron chi connectivity index (χ1n) is 9.43. The Morgan fingerprint density at radius 1 is 0.906 bits per heavy atom. The summed E-state index contributed by atoms with van der Waals surface area (Å²) in [6, 6.07) is 19.2. The summed E-state index contributed by atoms with van der Waals surface area (Å²) in [6.45, 7) is -1.15. The summed E-state index contributed by atoms with van der Waals surface area (Å²) >= 11 is 1.47. The van der Waals surface area contributed by atoms with E-state index >= 15 is 0 Å². The molecule has 0 saturated carbocycles.